The summed E-state index contributed by atoms with van der Waals surface area (Å²) in [5, 5.41) is 9.24. The zero-order valence-electron chi connectivity index (χ0n) is 10.9. The number of furan rings is 1. The van der Waals surface area contributed by atoms with Gasteiger partial charge in [0.05, 0.1) is 16.1 Å². The molecule has 0 saturated carbocycles. The molecule has 0 amide bonds. The molecule has 0 aromatic carbocycles. The van der Waals surface area contributed by atoms with Crippen molar-refractivity contribution in [1.82, 2.24) is 9.97 Å². The van der Waals surface area contributed by atoms with Crippen molar-refractivity contribution >= 4 is 17.7 Å². The molecule has 5 nitrogen and oxygen atoms in total. The number of carbonyl (C=O) groups is 1. The zero-order chi connectivity index (χ0) is 14.0. The van der Waals surface area contributed by atoms with Crippen LogP contribution in [0.3, 0.4) is 0 Å². The van der Waals surface area contributed by atoms with Crippen molar-refractivity contribution in [2.24, 2.45) is 0 Å². The fourth-order valence-electron chi connectivity index (χ4n) is 1.49. The van der Waals surface area contributed by atoms with Crippen molar-refractivity contribution in [2.45, 2.75) is 36.5 Å². The summed E-state index contributed by atoms with van der Waals surface area (Å²) in [7, 11) is 0. The Bertz CT molecular complexity index is 608. The van der Waals surface area contributed by atoms with Gasteiger partial charge in [-0.25, -0.2) is 14.8 Å². The van der Waals surface area contributed by atoms with Gasteiger partial charge in [-0.3, -0.25) is 0 Å². The molecule has 100 valence electrons. The molecule has 2 aromatic rings. The first-order valence-corrected chi connectivity index (χ1v) is 6.63. The van der Waals surface area contributed by atoms with Crippen LogP contribution in [0.5, 0.6) is 0 Å². The highest BCUT2D eigenvalue weighted by Crippen LogP contribution is 2.32. The lowest BCUT2D eigenvalue weighted by Gasteiger charge is -2.08. The van der Waals surface area contributed by atoms with Gasteiger partial charge in [-0.1, -0.05) is 25.6 Å². The average molecular weight is 278 g/mol. The van der Waals surface area contributed by atoms with Crippen LogP contribution in [0.1, 0.15) is 41.8 Å². The van der Waals surface area contributed by atoms with Gasteiger partial charge in [0.1, 0.15) is 11.6 Å². The van der Waals surface area contributed by atoms with Crippen LogP contribution in [0.15, 0.2) is 32.7 Å². The van der Waals surface area contributed by atoms with E-state index in [1.165, 1.54) is 11.8 Å². The SMILES string of the molecule is Cc1occc1Sc1cnc(C(C)C)nc1C(=O)O. The Morgan fingerprint density at radius 3 is 2.68 bits per heavy atom. The van der Waals surface area contributed by atoms with Crippen LogP contribution in [-0.2, 0) is 0 Å². The number of aromatic nitrogens is 2. The number of carboxylic acid groups (broad SMARTS) is 1. The fourth-order valence-corrected chi connectivity index (χ4v) is 2.38. The Hall–Kier alpha value is -1.82. The number of nitrogens with zero attached hydrogens (tertiary/aromatic N) is 2. The normalized spacial score (nSPS) is 10.9. The summed E-state index contributed by atoms with van der Waals surface area (Å²) < 4.78 is 5.19. The van der Waals surface area contributed by atoms with Gasteiger partial charge in [0.2, 0.25) is 0 Å². The molecule has 2 heterocycles. The first-order chi connectivity index (χ1) is 8.99. The summed E-state index contributed by atoms with van der Waals surface area (Å²) in [4.78, 5) is 21.0. The predicted octanol–water partition coefficient (Wildman–Crippen LogP) is 3.35. The number of rotatable bonds is 4. The molecule has 0 unspecified atom stereocenters. The quantitative estimate of drug-likeness (QED) is 0.924. The third-order valence-corrected chi connectivity index (χ3v) is 3.69. The molecule has 2 aromatic heterocycles. The van der Waals surface area contributed by atoms with E-state index in [0.717, 1.165) is 10.7 Å². The lowest BCUT2D eigenvalue weighted by molar-refractivity contribution is 0.0685. The molecule has 0 bridgehead atoms. The zero-order valence-corrected chi connectivity index (χ0v) is 11.7. The molecule has 0 aliphatic carbocycles. The topological polar surface area (TPSA) is 76.2 Å². The standard InChI is InChI=1S/C13H14N2O3S/c1-7(2)12-14-6-10(11(15-12)13(16)17)19-9-4-5-18-8(9)3/h4-7H,1-3H3,(H,16,17). The molecule has 1 N–H and O–H groups in total. The van der Waals surface area contributed by atoms with Crippen LogP contribution >= 0.6 is 11.8 Å². The first kappa shape index (κ1) is 13.6. The molecule has 0 fully saturated rings. The third-order valence-electron chi connectivity index (χ3n) is 2.52. The molecule has 6 heteroatoms. The lowest BCUT2D eigenvalue weighted by atomic mass is 10.2. The smallest absolute Gasteiger partial charge is 0.355 e. The third kappa shape index (κ3) is 2.96. The Kier molecular flexibility index (Phi) is 3.90. The Labute approximate surface area is 115 Å². The summed E-state index contributed by atoms with van der Waals surface area (Å²) in [5.74, 6) is 0.320. The molecule has 2 rings (SSSR count). The molecule has 0 spiro atoms. The second-order valence-corrected chi connectivity index (χ2v) is 5.43. The van der Waals surface area contributed by atoms with Crippen LogP contribution in [0.4, 0.5) is 0 Å². The highest BCUT2D eigenvalue weighted by atomic mass is 32.2. The van der Waals surface area contributed by atoms with Crippen molar-refractivity contribution in [1.29, 1.82) is 0 Å². The van der Waals surface area contributed by atoms with E-state index in [1.54, 1.807) is 18.5 Å². The number of aromatic carboxylic acids is 1. The first-order valence-electron chi connectivity index (χ1n) is 5.81. The number of aryl methyl sites for hydroxylation is 1. The fraction of sp³-hybridized carbons (Fsp3) is 0.308. The second kappa shape index (κ2) is 5.44. The van der Waals surface area contributed by atoms with Crippen molar-refractivity contribution < 1.29 is 14.3 Å². The van der Waals surface area contributed by atoms with Crippen LogP contribution in [0, 0.1) is 6.92 Å². The monoisotopic (exact) mass is 278 g/mol. The van der Waals surface area contributed by atoms with Gasteiger partial charge in [-0.15, -0.1) is 0 Å². The molecule has 0 aliphatic heterocycles. The number of hydrogen-bond donors (Lipinski definition) is 1. The molecule has 0 saturated heterocycles. The maximum Gasteiger partial charge on any atom is 0.355 e. The van der Waals surface area contributed by atoms with Crippen LogP contribution in [-0.4, -0.2) is 21.0 Å². The predicted molar refractivity (Wildman–Crippen MR) is 70.6 cm³/mol. The maximum atomic E-state index is 11.3. The van der Waals surface area contributed by atoms with E-state index in [0.29, 0.717) is 10.7 Å². The molecule has 0 aliphatic rings. The van der Waals surface area contributed by atoms with Gasteiger partial charge in [-0.05, 0) is 13.0 Å². The lowest BCUT2D eigenvalue weighted by Crippen LogP contribution is -2.08. The van der Waals surface area contributed by atoms with E-state index in [2.05, 4.69) is 9.97 Å². The van der Waals surface area contributed by atoms with Crippen molar-refractivity contribution in [3.8, 4) is 0 Å². The van der Waals surface area contributed by atoms with E-state index in [1.807, 2.05) is 20.8 Å². The molecule has 19 heavy (non-hydrogen) atoms. The van der Waals surface area contributed by atoms with E-state index < -0.39 is 5.97 Å². The van der Waals surface area contributed by atoms with Gasteiger partial charge >= 0.3 is 5.97 Å². The van der Waals surface area contributed by atoms with E-state index in [4.69, 9.17) is 4.42 Å². The Morgan fingerprint density at radius 1 is 1.42 bits per heavy atom. The number of hydrogen-bond acceptors (Lipinski definition) is 5. The van der Waals surface area contributed by atoms with E-state index >= 15 is 0 Å². The van der Waals surface area contributed by atoms with Crippen molar-refractivity contribution in [2.75, 3.05) is 0 Å². The van der Waals surface area contributed by atoms with Crippen molar-refractivity contribution in [3.63, 3.8) is 0 Å². The van der Waals surface area contributed by atoms with Gasteiger partial charge in [0.15, 0.2) is 5.69 Å². The number of carboxylic acids is 1. The summed E-state index contributed by atoms with van der Waals surface area (Å²) in [5.41, 5.74) is 0.0318. The van der Waals surface area contributed by atoms with Gasteiger partial charge in [-0.2, -0.15) is 0 Å². The van der Waals surface area contributed by atoms with Gasteiger partial charge in [0, 0.05) is 12.1 Å². The van der Waals surface area contributed by atoms with E-state index in [9.17, 15) is 9.90 Å². The van der Waals surface area contributed by atoms with E-state index in [-0.39, 0.29) is 11.6 Å². The Morgan fingerprint density at radius 2 is 2.16 bits per heavy atom. The Balaban J connectivity index is 2.40. The van der Waals surface area contributed by atoms with Crippen LogP contribution in [0.2, 0.25) is 0 Å². The summed E-state index contributed by atoms with van der Waals surface area (Å²) in [6.45, 7) is 5.67. The molecule has 0 atom stereocenters. The molecular weight excluding hydrogens is 264 g/mol. The highest BCUT2D eigenvalue weighted by Gasteiger charge is 2.17. The molecular formula is C13H14N2O3S. The largest absolute Gasteiger partial charge is 0.476 e. The summed E-state index contributed by atoms with van der Waals surface area (Å²) >= 11 is 1.30. The van der Waals surface area contributed by atoms with Gasteiger partial charge < -0.3 is 9.52 Å². The molecule has 0 radical (unpaired) electrons. The minimum Gasteiger partial charge on any atom is -0.476 e. The van der Waals surface area contributed by atoms with Crippen molar-refractivity contribution in [3.05, 3.63) is 35.8 Å². The maximum absolute atomic E-state index is 11.3. The highest BCUT2D eigenvalue weighted by molar-refractivity contribution is 7.99. The average Bonchev–Trinajstić information content (AvgIpc) is 2.75. The second-order valence-electron chi connectivity index (χ2n) is 4.34. The minimum absolute atomic E-state index is 0.0318. The summed E-state index contributed by atoms with van der Waals surface area (Å²) in [6, 6.07) is 1.79. The van der Waals surface area contributed by atoms with Crippen LogP contribution < -0.4 is 0 Å². The summed E-state index contributed by atoms with van der Waals surface area (Å²) in [6.07, 6.45) is 3.13. The minimum atomic E-state index is -1.05. The van der Waals surface area contributed by atoms with Gasteiger partial charge in [0.25, 0.3) is 0 Å². The van der Waals surface area contributed by atoms with Crippen LogP contribution in [0.25, 0.3) is 0 Å².